The molecule has 0 unspecified atom stereocenters. The molecule has 0 saturated heterocycles. The van der Waals surface area contributed by atoms with Gasteiger partial charge in [-0.1, -0.05) is 20.8 Å². The third-order valence-electron chi connectivity index (χ3n) is 3.30. The summed E-state index contributed by atoms with van der Waals surface area (Å²) in [5.41, 5.74) is 10.5. The van der Waals surface area contributed by atoms with Gasteiger partial charge in [0.2, 0.25) is 0 Å². The van der Waals surface area contributed by atoms with Gasteiger partial charge >= 0.3 is 0 Å². The van der Waals surface area contributed by atoms with Gasteiger partial charge in [0.15, 0.2) is 0 Å². The highest BCUT2D eigenvalue weighted by atomic mass is 15.3. The topological polar surface area (TPSA) is 61.7 Å². The van der Waals surface area contributed by atoms with E-state index in [1.807, 2.05) is 25.0 Å². The number of anilines is 1. The molecule has 2 rings (SSSR count). The van der Waals surface area contributed by atoms with E-state index >= 15 is 0 Å². The summed E-state index contributed by atoms with van der Waals surface area (Å²) in [4.78, 5) is 0. The van der Waals surface area contributed by atoms with Crippen LogP contribution in [0.5, 0.6) is 0 Å². The smallest absolute Gasteiger partial charge is 0.125 e. The van der Waals surface area contributed by atoms with Crippen LogP contribution >= 0.6 is 0 Å². The lowest BCUT2D eigenvalue weighted by Gasteiger charge is -2.06. The van der Waals surface area contributed by atoms with Gasteiger partial charge in [0, 0.05) is 31.4 Å². The van der Waals surface area contributed by atoms with E-state index in [1.54, 1.807) is 4.68 Å². The summed E-state index contributed by atoms with van der Waals surface area (Å²) in [6.45, 7) is 6.50. The molecule has 2 aromatic heterocycles. The van der Waals surface area contributed by atoms with Crippen molar-refractivity contribution in [1.82, 2.24) is 19.6 Å². The van der Waals surface area contributed by atoms with Gasteiger partial charge < -0.3 is 5.73 Å². The van der Waals surface area contributed by atoms with Crippen LogP contribution in [-0.4, -0.2) is 19.6 Å². The molecule has 0 aromatic carbocycles. The predicted molar refractivity (Wildman–Crippen MR) is 77.7 cm³/mol. The zero-order chi connectivity index (χ0) is 14.2. The summed E-state index contributed by atoms with van der Waals surface area (Å²) < 4.78 is 3.61. The Hall–Kier alpha value is -1.78. The second-order valence-corrected chi connectivity index (χ2v) is 5.45. The summed E-state index contributed by atoms with van der Waals surface area (Å²) in [6, 6.07) is 0. The molecule has 0 radical (unpaired) electrons. The van der Waals surface area contributed by atoms with Gasteiger partial charge in [-0.05, 0) is 18.8 Å². The van der Waals surface area contributed by atoms with Crippen molar-refractivity contribution in [1.29, 1.82) is 0 Å². The van der Waals surface area contributed by atoms with Crippen molar-refractivity contribution in [3.8, 4) is 11.3 Å². The lowest BCUT2D eigenvalue weighted by molar-refractivity contribution is 0.648. The Kier molecular flexibility index (Phi) is 3.64. The first-order chi connectivity index (χ1) is 8.93. The van der Waals surface area contributed by atoms with Crippen LogP contribution in [0.4, 0.5) is 5.82 Å². The summed E-state index contributed by atoms with van der Waals surface area (Å²) >= 11 is 0. The van der Waals surface area contributed by atoms with Crippen molar-refractivity contribution in [2.24, 2.45) is 20.0 Å². The van der Waals surface area contributed by atoms with Crippen LogP contribution in [0.15, 0.2) is 6.20 Å². The first-order valence-electron chi connectivity index (χ1n) is 6.78. The number of rotatable bonds is 4. The van der Waals surface area contributed by atoms with Gasteiger partial charge in [0.05, 0.1) is 5.69 Å². The van der Waals surface area contributed by atoms with Crippen LogP contribution in [0, 0.1) is 5.92 Å². The van der Waals surface area contributed by atoms with Crippen molar-refractivity contribution in [2.45, 2.75) is 33.6 Å². The quantitative estimate of drug-likeness (QED) is 0.917. The van der Waals surface area contributed by atoms with Crippen molar-refractivity contribution in [2.75, 3.05) is 5.73 Å². The molecular weight excluding hydrogens is 238 g/mol. The Bertz CT molecular complexity index is 577. The Morgan fingerprint density at radius 1 is 1.26 bits per heavy atom. The van der Waals surface area contributed by atoms with Gasteiger partial charge in [-0.25, -0.2) is 0 Å². The van der Waals surface area contributed by atoms with E-state index in [2.05, 4.69) is 31.0 Å². The van der Waals surface area contributed by atoms with Gasteiger partial charge in [-0.2, -0.15) is 10.2 Å². The molecule has 0 amide bonds. The molecule has 0 spiro atoms. The molecule has 5 nitrogen and oxygen atoms in total. The monoisotopic (exact) mass is 261 g/mol. The number of aryl methyl sites for hydroxylation is 3. The molecule has 2 aromatic rings. The Balaban J connectivity index is 2.57. The molecule has 0 bridgehead atoms. The minimum absolute atomic E-state index is 0.548. The van der Waals surface area contributed by atoms with E-state index in [-0.39, 0.29) is 0 Å². The van der Waals surface area contributed by atoms with E-state index in [0.29, 0.717) is 5.92 Å². The predicted octanol–water partition coefficient (Wildman–Crippen LogP) is 2.16. The second-order valence-electron chi connectivity index (χ2n) is 5.45. The van der Waals surface area contributed by atoms with Crippen LogP contribution in [-0.2, 0) is 26.9 Å². The van der Waals surface area contributed by atoms with Gasteiger partial charge in [-0.15, -0.1) is 0 Å². The first-order valence-corrected chi connectivity index (χ1v) is 6.78. The largest absolute Gasteiger partial charge is 0.384 e. The van der Waals surface area contributed by atoms with Gasteiger partial charge in [0.1, 0.15) is 11.5 Å². The Labute approximate surface area is 114 Å². The maximum atomic E-state index is 6.16. The molecule has 2 N–H and O–H groups in total. The zero-order valence-electron chi connectivity index (χ0n) is 12.4. The number of nitrogens with zero attached hydrogens (tertiary/aromatic N) is 4. The summed E-state index contributed by atoms with van der Waals surface area (Å²) in [7, 11) is 3.84. The lowest BCUT2D eigenvalue weighted by Crippen LogP contribution is -2.02. The minimum Gasteiger partial charge on any atom is -0.384 e. The maximum Gasteiger partial charge on any atom is 0.125 e. The molecule has 104 valence electrons. The minimum atomic E-state index is 0.548. The molecule has 0 aliphatic carbocycles. The zero-order valence-corrected chi connectivity index (χ0v) is 12.4. The van der Waals surface area contributed by atoms with Crippen LogP contribution < -0.4 is 5.73 Å². The number of hydrogen-bond acceptors (Lipinski definition) is 3. The van der Waals surface area contributed by atoms with Crippen LogP contribution in [0.3, 0.4) is 0 Å². The highest BCUT2D eigenvalue weighted by Gasteiger charge is 2.20. The number of nitrogen functional groups attached to an aromatic ring is 1. The molecule has 19 heavy (non-hydrogen) atoms. The number of aromatic nitrogens is 4. The molecule has 0 saturated carbocycles. The molecule has 2 heterocycles. The fourth-order valence-electron chi connectivity index (χ4n) is 2.40. The lowest BCUT2D eigenvalue weighted by atomic mass is 9.99. The Morgan fingerprint density at radius 2 is 1.95 bits per heavy atom. The van der Waals surface area contributed by atoms with E-state index < -0.39 is 0 Å². The summed E-state index contributed by atoms with van der Waals surface area (Å²) in [6.07, 6.45) is 3.87. The highest BCUT2D eigenvalue weighted by molar-refractivity contribution is 5.70. The second kappa shape index (κ2) is 5.07. The van der Waals surface area contributed by atoms with Crippen molar-refractivity contribution < 1.29 is 0 Å². The number of hydrogen-bond donors (Lipinski definition) is 1. The van der Waals surface area contributed by atoms with E-state index in [4.69, 9.17) is 5.73 Å². The normalized spacial score (nSPS) is 11.5. The van der Waals surface area contributed by atoms with Crippen molar-refractivity contribution >= 4 is 5.82 Å². The fourth-order valence-corrected chi connectivity index (χ4v) is 2.40. The molecule has 0 atom stereocenters. The fraction of sp³-hybridized carbons (Fsp3) is 0.571. The van der Waals surface area contributed by atoms with Crippen molar-refractivity contribution in [3.05, 3.63) is 17.5 Å². The van der Waals surface area contributed by atoms with Crippen LogP contribution in [0.2, 0.25) is 0 Å². The highest BCUT2D eigenvalue weighted by Crippen LogP contribution is 2.30. The summed E-state index contributed by atoms with van der Waals surface area (Å²) in [5.74, 6) is 1.31. The van der Waals surface area contributed by atoms with E-state index in [0.717, 1.165) is 41.2 Å². The summed E-state index contributed by atoms with van der Waals surface area (Å²) in [5, 5.41) is 9.09. The third-order valence-corrected chi connectivity index (χ3v) is 3.30. The number of nitrogens with two attached hydrogens (primary N) is 1. The first kappa shape index (κ1) is 13.6. The van der Waals surface area contributed by atoms with E-state index in [1.165, 1.54) is 0 Å². The standard InChI is InChI=1S/C14H23N5/c1-6-12-11(8-18(4)16-12)13-10(7-9(2)3)14(15)19(5)17-13/h8-9H,6-7,15H2,1-5H3. The van der Waals surface area contributed by atoms with Crippen molar-refractivity contribution in [3.63, 3.8) is 0 Å². The van der Waals surface area contributed by atoms with E-state index in [9.17, 15) is 0 Å². The Morgan fingerprint density at radius 3 is 2.53 bits per heavy atom. The maximum absolute atomic E-state index is 6.16. The molecular formula is C14H23N5. The third kappa shape index (κ3) is 2.50. The average molecular weight is 261 g/mol. The average Bonchev–Trinajstić information content (AvgIpc) is 2.83. The molecule has 0 aliphatic rings. The molecule has 0 fully saturated rings. The van der Waals surface area contributed by atoms with Crippen LogP contribution in [0.1, 0.15) is 32.0 Å². The SMILES string of the molecule is CCc1nn(C)cc1-c1nn(C)c(N)c1CC(C)C. The molecule has 5 heteroatoms. The van der Waals surface area contributed by atoms with Gasteiger partial charge in [0.25, 0.3) is 0 Å². The molecule has 0 aliphatic heterocycles. The van der Waals surface area contributed by atoms with Crippen LogP contribution in [0.25, 0.3) is 11.3 Å². The van der Waals surface area contributed by atoms with Gasteiger partial charge in [-0.3, -0.25) is 9.36 Å².